The van der Waals surface area contributed by atoms with E-state index in [1.165, 1.54) is 32.2 Å². The highest BCUT2D eigenvalue weighted by atomic mass is 127. The summed E-state index contributed by atoms with van der Waals surface area (Å²) in [7, 11) is 0. The quantitative estimate of drug-likeness (QED) is 0.367. The van der Waals surface area contributed by atoms with Crippen molar-refractivity contribution in [1.29, 1.82) is 0 Å². The van der Waals surface area contributed by atoms with Crippen LogP contribution in [0.25, 0.3) is 0 Å². The van der Waals surface area contributed by atoms with Gasteiger partial charge >= 0.3 is 0 Å². The monoisotopic (exact) mass is 452 g/mol. The van der Waals surface area contributed by atoms with E-state index in [2.05, 4.69) is 35.9 Å². The normalized spacial score (nSPS) is 25.6. The van der Waals surface area contributed by atoms with E-state index in [1.807, 2.05) is 0 Å². The first-order valence-electron chi connectivity index (χ1n) is 9.63. The third-order valence-electron chi connectivity index (χ3n) is 5.09. The van der Waals surface area contributed by atoms with Gasteiger partial charge in [-0.05, 0) is 46.2 Å². The van der Waals surface area contributed by atoms with E-state index < -0.39 is 0 Å². The van der Waals surface area contributed by atoms with Crippen LogP contribution in [-0.2, 0) is 4.74 Å². The molecule has 2 fully saturated rings. The Hall–Kier alpha value is -0.0800. The average molecular weight is 452 g/mol. The number of likely N-dealkylation sites (tertiary alicyclic amines) is 2. The Labute approximate surface area is 165 Å². The minimum Gasteiger partial charge on any atom is -0.381 e. The largest absolute Gasteiger partial charge is 0.381 e. The number of nitrogens with one attached hydrogen (secondary N) is 1. The molecule has 0 aromatic rings. The molecule has 142 valence electrons. The third-order valence-corrected chi connectivity index (χ3v) is 5.09. The molecule has 2 aliphatic rings. The van der Waals surface area contributed by atoms with Gasteiger partial charge < -0.3 is 15.0 Å². The Morgan fingerprint density at radius 1 is 1.17 bits per heavy atom. The zero-order valence-corrected chi connectivity index (χ0v) is 18.1. The zero-order valence-electron chi connectivity index (χ0n) is 15.8. The van der Waals surface area contributed by atoms with Gasteiger partial charge in [-0.1, -0.05) is 13.3 Å². The number of hydrogen-bond acceptors (Lipinski definition) is 3. The van der Waals surface area contributed by atoms with E-state index in [0.717, 1.165) is 51.9 Å². The van der Waals surface area contributed by atoms with Crippen molar-refractivity contribution < 1.29 is 4.74 Å². The molecule has 0 aromatic carbocycles. The van der Waals surface area contributed by atoms with Gasteiger partial charge in [0.15, 0.2) is 5.96 Å². The van der Waals surface area contributed by atoms with Crippen LogP contribution in [0.3, 0.4) is 0 Å². The molecule has 24 heavy (non-hydrogen) atoms. The molecule has 2 unspecified atom stereocenters. The van der Waals surface area contributed by atoms with Gasteiger partial charge in [-0.25, -0.2) is 0 Å². The summed E-state index contributed by atoms with van der Waals surface area (Å²) in [5, 5.41) is 3.49. The van der Waals surface area contributed by atoms with Crippen LogP contribution in [0.5, 0.6) is 0 Å². The number of hydrogen-bond donors (Lipinski definition) is 1. The zero-order chi connectivity index (χ0) is 16.5. The molecule has 0 spiro atoms. The van der Waals surface area contributed by atoms with Crippen molar-refractivity contribution in [3.05, 3.63) is 0 Å². The first-order chi connectivity index (χ1) is 11.3. The molecule has 6 heteroatoms. The minimum absolute atomic E-state index is 0. The summed E-state index contributed by atoms with van der Waals surface area (Å²) in [6.07, 6.45) is 5.21. The lowest BCUT2D eigenvalue weighted by molar-refractivity contribution is 0.114. The summed E-state index contributed by atoms with van der Waals surface area (Å²) in [4.78, 5) is 10.00. The van der Waals surface area contributed by atoms with Crippen LogP contribution in [0.2, 0.25) is 0 Å². The van der Waals surface area contributed by atoms with E-state index in [0.29, 0.717) is 12.0 Å². The number of halogens is 1. The molecule has 5 nitrogen and oxygen atoms in total. The molecule has 0 radical (unpaired) electrons. The highest BCUT2D eigenvalue weighted by Crippen LogP contribution is 2.19. The number of aliphatic imine (C=N–C) groups is 1. The summed E-state index contributed by atoms with van der Waals surface area (Å²) in [6.45, 7) is 14.6. The molecular weight excluding hydrogens is 415 g/mol. The smallest absolute Gasteiger partial charge is 0.193 e. The van der Waals surface area contributed by atoms with Crippen LogP contribution in [-0.4, -0.2) is 74.3 Å². The molecular formula is C18H37IN4O. The van der Waals surface area contributed by atoms with Gasteiger partial charge in [0.1, 0.15) is 0 Å². The number of piperidine rings is 1. The third kappa shape index (κ3) is 6.67. The van der Waals surface area contributed by atoms with Gasteiger partial charge in [0.25, 0.3) is 0 Å². The average Bonchev–Trinajstić information content (AvgIpc) is 3.05. The summed E-state index contributed by atoms with van der Waals surface area (Å²) in [5.74, 6) is 1.76. The molecule has 2 atom stereocenters. The molecule has 2 saturated heterocycles. The molecule has 2 rings (SSSR count). The fraction of sp³-hybridized carbons (Fsp3) is 0.944. The summed E-state index contributed by atoms with van der Waals surface area (Å²) in [6, 6.07) is 0.629. The lowest BCUT2D eigenvalue weighted by Crippen LogP contribution is -2.44. The van der Waals surface area contributed by atoms with Crippen molar-refractivity contribution >= 4 is 29.9 Å². The fourth-order valence-corrected chi connectivity index (χ4v) is 3.75. The molecule has 2 aliphatic heterocycles. The molecule has 0 bridgehead atoms. The van der Waals surface area contributed by atoms with E-state index in [4.69, 9.17) is 9.73 Å². The highest BCUT2D eigenvalue weighted by Gasteiger charge is 2.26. The first kappa shape index (κ1) is 22.0. The van der Waals surface area contributed by atoms with Crippen molar-refractivity contribution in [2.75, 3.05) is 52.5 Å². The second kappa shape index (κ2) is 12.3. The maximum atomic E-state index is 5.60. The highest BCUT2D eigenvalue weighted by molar-refractivity contribution is 14.0. The van der Waals surface area contributed by atoms with Crippen LogP contribution in [0.4, 0.5) is 0 Å². The predicted molar refractivity (Wildman–Crippen MR) is 112 cm³/mol. The van der Waals surface area contributed by atoms with Crippen LogP contribution in [0.1, 0.15) is 46.5 Å². The Morgan fingerprint density at radius 2 is 2.00 bits per heavy atom. The maximum Gasteiger partial charge on any atom is 0.193 e. The van der Waals surface area contributed by atoms with Crippen LogP contribution in [0, 0.1) is 5.92 Å². The number of ether oxygens (including phenoxy) is 1. The maximum absolute atomic E-state index is 5.60. The van der Waals surface area contributed by atoms with Crippen LogP contribution < -0.4 is 5.32 Å². The lowest BCUT2D eigenvalue weighted by Gasteiger charge is -2.34. The van der Waals surface area contributed by atoms with Crippen molar-refractivity contribution in [2.45, 2.75) is 52.5 Å². The van der Waals surface area contributed by atoms with E-state index in [-0.39, 0.29) is 24.0 Å². The van der Waals surface area contributed by atoms with Crippen LogP contribution in [0.15, 0.2) is 4.99 Å². The molecule has 0 aliphatic carbocycles. The molecule has 2 heterocycles. The van der Waals surface area contributed by atoms with Gasteiger partial charge in [0.05, 0.1) is 13.2 Å². The SMILES string of the molecule is CCNC(=NCC1CCCCN1CC)N1CCC(COCC)C1.I. The van der Waals surface area contributed by atoms with Gasteiger partial charge in [-0.3, -0.25) is 9.89 Å². The van der Waals surface area contributed by atoms with E-state index in [1.54, 1.807) is 0 Å². The fourth-order valence-electron chi connectivity index (χ4n) is 3.75. The van der Waals surface area contributed by atoms with E-state index in [9.17, 15) is 0 Å². The van der Waals surface area contributed by atoms with Crippen LogP contribution >= 0.6 is 24.0 Å². The second-order valence-corrected chi connectivity index (χ2v) is 6.73. The van der Waals surface area contributed by atoms with E-state index >= 15 is 0 Å². The second-order valence-electron chi connectivity index (χ2n) is 6.73. The number of nitrogens with zero attached hydrogens (tertiary/aromatic N) is 3. The Balaban J connectivity index is 0.00000288. The molecule has 0 aromatic heterocycles. The summed E-state index contributed by atoms with van der Waals surface area (Å²) >= 11 is 0. The Kier molecular flexibility index (Phi) is 11.3. The lowest BCUT2D eigenvalue weighted by atomic mass is 10.0. The predicted octanol–water partition coefficient (Wildman–Crippen LogP) is 2.80. The molecule has 0 saturated carbocycles. The van der Waals surface area contributed by atoms with Gasteiger partial charge in [-0.2, -0.15) is 0 Å². The topological polar surface area (TPSA) is 40.1 Å². The summed E-state index contributed by atoms with van der Waals surface area (Å²) < 4.78 is 5.60. The van der Waals surface area contributed by atoms with Crippen molar-refractivity contribution in [2.24, 2.45) is 10.9 Å². The Morgan fingerprint density at radius 3 is 2.71 bits per heavy atom. The van der Waals surface area contributed by atoms with Crippen molar-refractivity contribution in [3.63, 3.8) is 0 Å². The van der Waals surface area contributed by atoms with Gasteiger partial charge in [0.2, 0.25) is 0 Å². The minimum atomic E-state index is 0. The molecule has 0 amide bonds. The van der Waals surface area contributed by atoms with Gasteiger partial charge in [-0.15, -0.1) is 24.0 Å². The van der Waals surface area contributed by atoms with Crippen molar-refractivity contribution in [1.82, 2.24) is 15.1 Å². The number of guanidine groups is 1. The number of rotatable bonds is 7. The molecule has 1 N–H and O–H groups in total. The Bertz CT molecular complexity index is 367. The first-order valence-corrected chi connectivity index (χ1v) is 9.63. The van der Waals surface area contributed by atoms with Gasteiger partial charge in [0, 0.05) is 38.2 Å². The van der Waals surface area contributed by atoms with Crippen molar-refractivity contribution in [3.8, 4) is 0 Å². The number of likely N-dealkylation sites (N-methyl/N-ethyl adjacent to an activating group) is 1. The summed E-state index contributed by atoms with van der Waals surface area (Å²) in [5.41, 5.74) is 0. The standard InChI is InChI=1S/C18H36N4O.HI/c1-4-19-18(22-12-10-16(14-22)15-23-6-3)20-13-17-9-7-8-11-21(17)5-2;/h16-17H,4-15H2,1-3H3,(H,19,20);1H.